The van der Waals surface area contributed by atoms with Gasteiger partial charge in [0.2, 0.25) is 0 Å². The molecule has 168 valence electrons. The zero-order valence-electron chi connectivity index (χ0n) is 18.2. The Labute approximate surface area is 202 Å². The number of nitrogens with two attached hydrogens (primary N) is 2. The third-order valence-electron chi connectivity index (χ3n) is 4.98. The Bertz CT molecular complexity index is 1220. The number of para-hydroxylation sites is 2. The Hall–Kier alpha value is -3.20. The molecule has 0 aliphatic heterocycles. The van der Waals surface area contributed by atoms with Gasteiger partial charge in [-0.3, -0.25) is 5.14 Å². The van der Waals surface area contributed by atoms with Crippen LogP contribution in [0.1, 0.15) is 18.1 Å². The Kier molecular flexibility index (Phi) is 7.72. The topological polar surface area (TPSA) is 92.0 Å². The summed E-state index contributed by atoms with van der Waals surface area (Å²) in [7, 11) is 0. The molecule has 0 spiro atoms. The highest BCUT2D eigenvalue weighted by molar-refractivity contribution is 8.00. The van der Waals surface area contributed by atoms with Crippen molar-refractivity contribution < 1.29 is 4.74 Å². The van der Waals surface area contributed by atoms with Crippen molar-refractivity contribution in [1.82, 2.24) is 14.8 Å². The van der Waals surface area contributed by atoms with E-state index in [2.05, 4.69) is 33.8 Å². The van der Waals surface area contributed by atoms with Gasteiger partial charge < -0.3 is 15.0 Å². The third kappa shape index (κ3) is 5.60. The second-order valence-corrected chi connectivity index (χ2v) is 8.61. The summed E-state index contributed by atoms with van der Waals surface area (Å²) in [5.41, 5.74) is 9.70. The van der Waals surface area contributed by atoms with Crippen molar-refractivity contribution in [1.29, 1.82) is 0 Å². The number of hydrogen-bond acceptors (Lipinski definition) is 7. The van der Waals surface area contributed by atoms with E-state index in [0.29, 0.717) is 5.70 Å². The number of nitrogens with zero attached hydrogens (tertiary/aromatic N) is 3. The van der Waals surface area contributed by atoms with Crippen molar-refractivity contribution in [3.05, 3.63) is 95.4 Å². The molecule has 4 N–H and O–H groups in total. The first-order valence-electron chi connectivity index (χ1n) is 10.5. The second-order valence-electron chi connectivity index (χ2n) is 7.16. The van der Waals surface area contributed by atoms with Crippen molar-refractivity contribution in [2.45, 2.75) is 24.4 Å². The van der Waals surface area contributed by atoms with Crippen molar-refractivity contribution >= 4 is 29.4 Å². The average molecular weight is 476 g/mol. The van der Waals surface area contributed by atoms with Crippen LogP contribution in [-0.4, -0.2) is 14.8 Å². The SMILES string of the molecule is CCn1c(SCc2ccc(/C(N)=C/SN)cc2)nnc1-c1ccccc1Oc1ccccc1. The fourth-order valence-electron chi connectivity index (χ4n) is 3.32. The summed E-state index contributed by atoms with van der Waals surface area (Å²) in [6.07, 6.45) is 0. The van der Waals surface area contributed by atoms with Crippen LogP contribution in [0.4, 0.5) is 0 Å². The largest absolute Gasteiger partial charge is 0.457 e. The summed E-state index contributed by atoms with van der Waals surface area (Å²) in [5, 5.41) is 17.0. The van der Waals surface area contributed by atoms with Gasteiger partial charge in [-0.05, 0) is 42.3 Å². The predicted molar refractivity (Wildman–Crippen MR) is 138 cm³/mol. The normalized spacial score (nSPS) is 11.5. The predicted octanol–water partition coefficient (Wildman–Crippen LogP) is 5.91. The highest BCUT2D eigenvalue weighted by Crippen LogP contribution is 2.34. The van der Waals surface area contributed by atoms with Gasteiger partial charge >= 0.3 is 0 Å². The van der Waals surface area contributed by atoms with Gasteiger partial charge in [0.05, 0.1) is 5.56 Å². The van der Waals surface area contributed by atoms with Crippen LogP contribution in [0.15, 0.2) is 89.4 Å². The van der Waals surface area contributed by atoms with Crippen LogP contribution in [0, 0.1) is 0 Å². The third-order valence-corrected chi connectivity index (χ3v) is 6.41. The number of ether oxygens (including phenoxy) is 1. The van der Waals surface area contributed by atoms with Crippen LogP contribution in [0.5, 0.6) is 11.5 Å². The van der Waals surface area contributed by atoms with Crippen molar-refractivity contribution in [2.24, 2.45) is 10.9 Å². The van der Waals surface area contributed by atoms with E-state index in [1.807, 2.05) is 66.7 Å². The van der Waals surface area contributed by atoms with Crippen LogP contribution in [-0.2, 0) is 12.3 Å². The molecule has 4 aromatic rings. The first-order valence-corrected chi connectivity index (χ1v) is 12.4. The fraction of sp³-hybridized carbons (Fsp3) is 0.120. The van der Waals surface area contributed by atoms with Crippen LogP contribution in [0.2, 0.25) is 0 Å². The van der Waals surface area contributed by atoms with E-state index in [1.54, 1.807) is 17.2 Å². The number of rotatable bonds is 9. The molecular formula is C25H25N5OS2. The second kappa shape index (κ2) is 11.1. The molecule has 33 heavy (non-hydrogen) atoms. The molecule has 0 aliphatic carbocycles. The molecule has 0 unspecified atom stereocenters. The minimum Gasteiger partial charge on any atom is -0.457 e. The van der Waals surface area contributed by atoms with Gasteiger partial charge in [0.15, 0.2) is 11.0 Å². The Morgan fingerprint density at radius 3 is 2.42 bits per heavy atom. The van der Waals surface area contributed by atoms with Crippen LogP contribution in [0.3, 0.4) is 0 Å². The molecule has 0 fully saturated rings. The van der Waals surface area contributed by atoms with Crippen molar-refractivity contribution in [3.63, 3.8) is 0 Å². The first-order chi connectivity index (χ1) is 16.2. The standard InChI is InChI=1S/C25H25N5OS2/c1-2-30-24(21-10-6-7-11-23(21)31-20-8-4-3-5-9-20)28-29-25(30)32-16-18-12-14-19(15-13-18)22(26)17-33-27/h3-15,17H,2,16,26-27H2,1H3/b22-17-. The summed E-state index contributed by atoms with van der Waals surface area (Å²) in [4.78, 5) is 0. The van der Waals surface area contributed by atoms with E-state index in [4.69, 9.17) is 15.6 Å². The molecule has 0 bridgehead atoms. The van der Waals surface area contributed by atoms with E-state index >= 15 is 0 Å². The van der Waals surface area contributed by atoms with Gasteiger partial charge in [-0.1, -0.05) is 78.3 Å². The summed E-state index contributed by atoms with van der Waals surface area (Å²) in [6, 6.07) is 25.8. The lowest BCUT2D eigenvalue weighted by molar-refractivity contribution is 0.483. The van der Waals surface area contributed by atoms with Crippen molar-refractivity contribution in [2.75, 3.05) is 0 Å². The van der Waals surface area contributed by atoms with Gasteiger partial charge in [-0.2, -0.15) is 0 Å². The zero-order valence-corrected chi connectivity index (χ0v) is 19.9. The number of thioether (sulfide) groups is 1. The zero-order chi connectivity index (χ0) is 23.0. The number of hydrogen-bond donors (Lipinski definition) is 2. The molecule has 0 aliphatic rings. The molecule has 0 atom stereocenters. The lowest BCUT2D eigenvalue weighted by Gasteiger charge is -2.12. The van der Waals surface area contributed by atoms with Crippen LogP contribution in [0.25, 0.3) is 17.1 Å². The Morgan fingerprint density at radius 1 is 0.970 bits per heavy atom. The number of aromatic nitrogens is 3. The number of benzene rings is 3. The highest BCUT2D eigenvalue weighted by atomic mass is 32.2. The van der Waals surface area contributed by atoms with E-state index in [1.165, 1.54) is 5.56 Å². The Balaban J connectivity index is 1.53. The molecular weight excluding hydrogens is 450 g/mol. The molecule has 3 aromatic carbocycles. The lowest BCUT2D eigenvalue weighted by atomic mass is 10.1. The first kappa shape index (κ1) is 23.0. The smallest absolute Gasteiger partial charge is 0.191 e. The summed E-state index contributed by atoms with van der Waals surface area (Å²) in [5.74, 6) is 3.10. The van der Waals surface area contributed by atoms with Gasteiger partial charge in [-0.25, -0.2) is 0 Å². The minimum atomic E-state index is 0.661. The molecule has 0 saturated heterocycles. The highest BCUT2D eigenvalue weighted by Gasteiger charge is 2.17. The van der Waals surface area contributed by atoms with Gasteiger partial charge in [0, 0.05) is 23.4 Å². The van der Waals surface area contributed by atoms with Crippen LogP contribution >= 0.6 is 23.7 Å². The molecule has 4 rings (SSSR count). The fourth-order valence-corrected chi connectivity index (χ4v) is 4.56. The molecule has 8 heteroatoms. The van der Waals surface area contributed by atoms with E-state index in [9.17, 15) is 0 Å². The maximum atomic E-state index is 6.14. The molecule has 0 saturated carbocycles. The molecule has 0 radical (unpaired) electrons. The van der Waals surface area contributed by atoms with Crippen LogP contribution < -0.4 is 15.6 Å². The van der Waals surface area contributed by atoms with E-state index < -0.39 is 0 Å². The van der Waals surface area contributed by atoms with E-state index in [0.717, 1.165) is 57.9 Å². The minimum absolute atomic E-state index is 0.661. The average Bonchev–Trinajstić information content (AvgIpc) is 3.27. The maximum absolute atomic E-state index is 6.14. The lowest BCUT2D eigenvalue weighted by Crippen LogP contribution is -2.01. The van der Waals surface area contributed by atoms with Crippen molar-refractivity contribution in [3.8, 4) is 22.9 Å². The van der Waals surface area contributed by atoms with Gasteiger partial charge in [0.1, 0.15) is 11.5 Å². The summed E-state index contributed by atoms with van der Waals surface area (Å²) < 4.78 is 8.25. The monoisotopic (exact) mass is 475 g/mol. The quantitative estimate of drug-likeness (QED) is 0.229. The van der Waals surface area contributed by atoms with E-state index in [-0.39, 0.29) is 0 Å². The molecule has 1 heterocycles. The van der Waals surface area contributed by atoms with Gasteiger partial charge in [-0.15, -0.1) is 10.2 Å². The summed E-state index contributed by atoms with van der Waals surface area (Å²) >= 11 is 2.76. The molecule has 6 nitrogen and oxygen atoms in total. The van der Waals surface area contributed by atoms with Gasteiger partial charge in [0.25, 0.3) is 0 Å². The Morgan fingerprint density at radius 2 is 1.70 bits per heavy atom. The molecule has 0 amide bonds. The molecule has 1 aromatic heterocycles. The summed E-state index contributed by atoms with van der Waals surface area (Å²) in [6.45, 7) is 2.85. The maximum Gasteiger partial charge on any atom is 0.191 e.